The number of thioether (sulfide) groups is 1. The maximum absolute atomic E-state index is 12.9. The highest BCUT2D eigenvalue weighted by Crippen LogP contribution is 2.31. The number of benzene rings is 3. The molecule has 4 rings (SSSR count). The van der Waals surface area contributed by atoms with Gasteiger partial charge in [0.2, 0.25) is 5.91 Å². The van der Waals surface area contributed by atoms with Crippen molar-refractivity contribution in [2.24, 2.45) is 0 Å². The third-order valence-electron chi connectivity index (χ3n) is 4.62. The minimum absolute atomic E-state index is 0.0541. The van der Waals surface area contributed by atoms with E-state index >= 15 is 0 Å². The molecule has 1 heterocycles. The number of alkyl halides is 3. The molecule has 31 heavy (non-hydrogen) atoms. The summed E-state index contributed by atoms with van der Waals surface area (Å²) in [5.41, 5.74) is 0.853. The van der Waals surface area contributed by atoms with Crippen LogP contribution in [0.4, 0.5) is 18.9 Å². The van der Waals surface area contributed by atoms with Gasteiger partial charge < -0.3 is 9.88 Å². The average Bonchev–Trinajstić information content (AvgIpc) is 3.10. The number of para-hydroxylation sites is 2. The van der Waals surface area contributed by atoms with Gasteiger partial charge in [-0.15, -0.1) is 11.8 Å². The molecule has 0 radical (unpaired) electrons. The highest BCUT2D eigenvalue weighted by atomic mass is 32.2. The number of nitrogens with zero attached hydrogens (tertiary/aromatic N) is 2. The number of rotatable bonds is 6. The summed E-state index contributed by atoms with van der Waals surface area (Å²) in [5.74, 6) is 0.845. The lowest BCUT2D eigenvalue weighted by molar-refractivity contribution is -0.137. The highest BCUT2D eigenvalue weighted by molar-refractivity contribution is 7.98. The van der Waals surface area contributed by atoms with Crippen LogP contribution in [0.25, 0.3) is 11.0 Å². The lowest BCUT2D eigenvalue weighted by atomic mass is 10.2. The second kappa shape index (κ2) is 8.85. The summed E-state index contributed by atoms with van der Waals surface area (Å²) in [6.45, 7) is -0.0541. The first-order valence-corrected chi connectivity index (χ1v) is 10.5. The van der Waals surface area contributed by atoms with E-state index < -0.39 is 17.6 Å². The van der Waals surface area contributed by atoms with E-state index in [4.69, 9.17) is 0 Å². The summed E-state index contributed by atoms with van der Waals surface area (Å²) in [7, 11) is 0. The molecule has 0 aliphatic heterocycles. The Bertz CT molecular complexity index is 1210. The summed E-state index contributed by atoms with van der Waals surface area (Å²) >= 11 is 1.60. The van der Waals surface area contributed by atoms with Gasteiger partial charge in [0, 0.05) is 10.6 Å². The van der Waals surface area contributed by atoms with E-state index in [1.54, 1.807) is 16.3 Å². The largest absolute Gasteiger partial charge is 0.416 e. The molecule has 0 aliphatic carbocycles. The van der Waals surface area contributed by atoms with Gasteiger partial charge in [0.25, 0.3) is 0 Å². The molecule has 0 bridgehead atoms. The molecular formula is C23H18F3N3OS. The van der Waals surface area contributed by atoms with E-state index in [-0.39, 0.29) is 12.2 Å². The molecule has 0 saturated heterocycles. The lowest BCUT2D eigenvalue weighted by Gasteiger charge is -2.12. The van der Waals surface area contributed by atoms with E-state index in [2.05, 4.69) is 10.3 Å². The van der Waals surface area contributed by atoms with Crippen LogP contribution in [0.15, 0.2) is 83.8 Å². The maximum Gasteiger partial charge on any atom is 0.416 e. The zero-order chi connectivity index (χ0) is 21.8. The SMILES string of the molecule is O=C(Cn1c(CSc2ccccc2)nc2ccccc21)Nc1cccc(C(F)(F)F)c1. The molecule has 0 atom stereocenters. The minimum Gasteiger partial charge on any atom is -0.325 e. The molecule has 0 saturated carbocycles. The number of imidazole rings is 1. The number of amides is 1. The fourth-order valence-electron chi connectivity index (χ4n) is 3.19. The monoisotopic (exact) mass is 441 g/mol. The van der Waals surface area contributed by atoms with Crippen molar-refractivity contribution in [1.82, 2.24) is 9.55 Å². The zero-order valence-electron chi connectivity index (χ0n) is 16.3. The van der Waals surface area contributed by atoms with Crippen LogP contribution in [-0.4, -0.2) is 15.5 Å². The van der Waals surface area contributed by atoms with Crippen LogP contribution >= 0.6 is 11.8 Å². The second-order valence-electron chi connectivity index (χ2n) is 6.83. The van der Waals surface area contributed by atoms with Crippen molar-refractivity contribution in [2.75, 3.05) is 5.32 Å². The summed E-state index contributed by atoms with van der Waals surface area (Å²) < 4.78 is 40.6. The number of aromatic nitrogens is 2. The Morgan fingerprint density at radius 2 is 1.71 bits per heavy atom. The van der Waals surface area contributed by atoms with Gasteiger partial charge in [0.1, 0.15) is 12.4 Å². The zero-order valence-corrected chi connectivity index (χ0v) is 17.1. The van der Waals surface area contributed by atoms with Crippen molar-refractivity contribution in [3.8, 4) is 0 Å². The van der Waals surface area contributed by atoms with Gasteiger partial charge in [-0.25, -0.2) is 4.98 Å². The third-order valence-corrected chi connectivity index (χ3v) is 5.63. The smallest absolute Gasteiger partial charge is 0.325 e. The Morgan fingerprint density at radius 3 is 2.48 bits per heavy atom. The van der Waals surface area contributed by atoms with Crippen LogP contribution in [0.2, 0.25) is 0 Å². The van der Waals surface area contributed by atoms with Crippen LogP contribution < -0.4 is 5.32 Å². The Hall–Kier alpha value is -3.26. The average molecular weight is 441 g/mol. The molecule has 0 spiro atoms. The van der Waals surface area contributed by atoms with Crippen molar-refractivity contribution < 1.29 is 18.0 Å². The number of carbonyl (C=O) groups is 1. The normalized spacial score (nSPS) is 11.6. The molecule has 4 nitrogen and oxygen atoms in total. The second-order valence-corrected chi connectivity index (χ2v) is 7.88. The van der Waals surface area contributed by atoms with Crippen molar-refractivity contribution in [3.05, 3.63) is 90.3 Å². The molecule has 3 aromatic carbocycles. The van der Waals surface area contributed by atoms with Crippen LogP contribution in [0, 0.1) is 0 Å². The standard InChI is InChI=1S/C23H18F3N3OS/c24-23(25,26)16-7-6-8-17(13-16)27-22(30)14-29-20-12-5-4-11-19(20)28-21(29)15-31-18-9-2-1-3-10-18/h1-13H,14-15H2,(H,27,30). The van der Waals surface area contributed by atoms with Crippen molar-refractivity contribution in [1.29, 1.82) is 0 Å². The minimum atomic E-state index is -4.47. The molecule has 1 N–H and O–H groups in total. The van der Waals surface area contributed by atoms with Crippen LogP contribution in [-0.2, 0) is 23.3 Å². The van der Waals surface area contributed by atoms with Gasteiger partial charge >= 0.3 is 6.18 Å². The molecule has 0 unspecified atom stereocenters. The molecule has 1 amide bonds. The first-order chi connectivity index (χ1) is 14.9. The summed E-state index contributed by atoms with van der Waals surface area (Å²) in [6.07, 6.45) is -4.47. The topological polar surface area (TPSA) is 46.9 Å². The van der Waals surface area contributed by atoms with Gasteiger partial charge in [-0.05, 0) is 42.5 Å². The van der Waals surface area contributed by atoms with E-state index in [0.717, 1.165) is 28.1 Å². The summed E-state index contributed by atoms with van der Waals surface area (Å²) in [6, 6.07) is 21.9. The Balaban J connectivity index is 1.55. The van der Waals surface area contributed by atoms with E-state index in [1.165, 1.54) is 12.1 Å². The number of carbonyl (C=O) groups excluding carboxylic acids is 1. The van der Waals surface area contributed by atoms with E-state index in [1.807, 2.05) is 54.6 Å². The molecule has 0 fully saturated rings. The predicted molar refractivity (Wildman–Crippen MR) is 116 cm³/mol. The first-order valence-electron chi connectivity index (χ1n) is 9.49. The number of hydrogen-bond acceptors (Lipinski definition) is 3. The van der Waals surface area contributed by atoms with Gasteiger partial charge in [0.15, 0.2) is 0 Å². The first kappa shape index (κ1) is 21.0. The number of nitrogens with one attached hydrogen (secondary N) is 1. The van der Waals surface area contributed by atoms with E-state index in [9.17, 15) is 18.0 Å². The number of fused-ring (bicyclic) bond motifs is 1. The maximum atomic E-state index is 12.9. The number of halogens is 3. The summed E-state index contributed by atoms with van der Waals surface area (Å²) in [4.78, 5) is 18.4. The molecular weight excluding hydrogens is 423 g/mol. The van der Waals surface area contributed by atoms with Gasteiger partial charge in [-0.2, -0.15) is 13.2 Å². The molecule has 4 aromatic rings. The lowest BCUT2D eigenvalue weighted by Crippen LogP contribution is -2.20. The quantitative estimate of drug-likeness (QED) is 0.374. The fraction of sp³-hybridized carbons (Fsp3) is 0.130. The van der Waals surface area contributed by atoms with E-state index in [0.29, 0.717) is 11.6 Å². The van der Waals surface area contributed by atoms with Crippen molar-refractivity contribution in [3.63, 3.8) is 0 Å². The summed E-state index contributed by atoms with van der Waals surface area (Å²) in [5, 5.41) is 2.56. The Morgan fingerprint density at radius 1 is 0.968 bits per heavy atom. The van der Waals surface area contributed by atoms with Gasteiger partial charge in [-0.1, -0.05) is 36.4 Å². The highest BCUT2D eigenvalue weighted by Gasteiger charge is 2.30. The molecule has 1 aromatic heterocycles. The Labute approximate surface area is 181 Å². The van der Waals surface area contributed by atoms with Gasteiger partial charge in [0.05, 0.1) is 22.3 Å². The van der Waals surface area contributed by atoms with Crippen LogP contribution in [0.1, 0.15) is 11.4 Å². The molecule has 8 heteroatoms. The number of hydrogen-bond donors (Lipinski definition) is 1. The van der Waals surface area contributed by atoms with Crippen molar-refractivity contribution >= 4 is 34.4 Å². The predicted octanol–water partition coefficient (Wildman–Crippen LogP) is 5.99. The Kier molecular flexibility index (Phi) is 5.99. The third kappa shape index (κ3) is 5.08. The molecule has 0 aliphatic rings. The van der Waals surface area contributed by atoms with Crippen LogP contribution in [0.5, 0.6) is 0 Å². The van der Waals surface area contributed by atoms with Gasteiger partial charge in [-0.3, -0.25) is 4.79 Å². The van der Waals surface area contributed by atoms with Crippen molar-refractivity contribution in [2.45, 2.75) is 23.4 Å². The number of anilines is 1. The van der Waals surface area contributed by atoms with Crippen LogP contribution in [0.3, 0.4) is 0 Å². The fourth-order valence-corrected chi connectivity index (χ4v) is 4.06. The molecule has 158 valence electrons.